The van der Waals surface area contributed by atoms with Gasteiger partial charge in [-0.25, -0.2) is 4.68 Å². The average molecular weight is 361 g/mol. The van der Waals surface area contributed by atoms with E-state index in [4.69, 9.17) is 11.6 Å². The molecular weight excluding hydrogens is 344 g/mol. The minimum atomic E-state index is -0.697. The SMILES string of the molecule is Cc1cc(=O)c(C(=O)NCC(=O)NC2CC2)nn1-c1ccccc1Cl. The predicted octanol–water partition coefficient (Wildman–Crippen LogP) is 1.20. The third-order valence-electron chi connectivity index (χ3n) is 3.76. The quantitative estimate of drug-likeness (QED) is 0.838. The summed E-state index contributed by atoms with van der Waals surface area (Å²) in [5.74, 6) is -0.980. The Morgan fingerprint density at radius 1 is 1.32 bits per heavy atom. The first-order valence-corrected chi connectivity index (χ1v) is 8.27. The van der Waals surface area contributed by atoms with Gasteiger partial charge < -0.3 is 10.6 Å². The number of benzene rings is 1. The summed E-state index contributed by atoms with van der Waals surface area (Å²) < 4.78 is 1.43. The number of amides is 2. The van der Waals surface area contributed by atoms with E-state index < -0.39 is 11.3 Å². The van der Waals surface area contributed by atoms with Gasteiger partial charge in [0.1, 0.15) is 0 Å². The van der Waals surface area contributed by atoms with Crippen molar-refractivity contribution in [2.45, 2.75) is 25.8 Å². The molecule has 1 aromatic heterocycles. The molecule has 0 atom stereocenters. The molecule has 0 aliphatic heterocycles. The number of para-hydroxylation sites is 1. The second kappa shape index (κ2) is 7.06. The van der Waals surface area contributed by atoms with Crippen LogP contribution in [0.25, 0.3) is 5.69 Å². The van der Waals surface area contributed by atoms with E-state index in [2.05, 4.69) is 15.7 Å². The molecule has 7 nitrogen and oxygen atoms in total. The molecule has 25 heavy (non-hydrogen) atoms. The number of carbonyl (C=O) groups is 2. The summed E-state index contributed by atoms with van der Waals surface area (Å²) in [6, 6.07) is 8.50. The number of hydrogen-bond donors (Lipinski definition) is 2. The average Bonchev–Trinajstić information content (AvgIpc) is 3.38. The summed E-state index contributed by atoms with van der Waals surface area (Å²) in [4.78, 5) is 36.0. The van der Waals surface area contributed by atoms with Crippen molar-refractivity contribution in [1.29, 1.82) is 0 Å². The maximum atomic E-state index is 12.3. The summed E-state index contributed by atoms with van der Waals surface area (Å²) in [6.07, 6.45) is 1.92. The van der Waals surface area contributed by atoms with Crippen LogP contribution in [0.1, 0.15) is 29.0 Å². The lowest BCUT2D eigenvalue weighted by molar-refractivity contribution is -0.120. The van der Waals surface area contributed by atoms with Crippen molar-refractivity contribution >= 4 is 23.4 Å². The van der Waals surface area contributed by atoms with E-state index in [-0.39, 0.29) is 24.2 Å². The van der Waals surface area contributed by atoms with Crippen LogP contribution in [0.5, 0.6) is 0 Å². The van der Waals surface area contributed by atoms with Crippen molar-refractivity contribution < 1.29 is 9.59 Å². The van der Waals surface area contributed by atoms with Crippen LogP contribution in [0.3, 0.4) is 0 Å². The van der Waals surface area contributed by atoms with Gasteiger partial charge in [-0.2, -0.15) is 5.10 Å². The zero-order valence-electron chi connectivity index (χ0n) is 13.6. The van der Waals surface area contributed by atoms with Crippen molar-refractivity contribution in [3.8, 4) is 5.69 Å². The van der Waals surface area contributed by atoms with Gasteiger partial charge in [0, 0.05) is 17.8 Å². The Balaban J connectivity index is 1.82. The number of nitrogens with zero attached hydrogens (tertiary/aromatic N) is 2. The van der Waals surface area contributed by atoms with Gasteiger partial charge in [-0.3, -0.25) is 14.4 Å². The molecule has 1 aliphatic rings. The van der Waals surface area contributed by atoms with Gasteiger partial charge >= 0.3 is 0 Å². The molecule has 0 saturated heterocycles. The first-order valence-electron chi connectivity index (χ1n) is 7.89. The van der Waals surface area contributed by atoms with Gasteiger partial charge in [0.15, 0.2) is 5.69 Å². The van der Waals surface area contributed by atoms with Crippen LogP contribution in [-0.4, -0.2) is 34.2 Å². The summed E-state index contributed by atoms with van der Waals surface area (Å²) in [5.41, 5.74) is 0.300. The van der Waals surface area contributed by atoms with Gasteiger partial charge in [0.05, 0.1) is 17.3 Å². The van der Waals surface area contributed by atoms with Gasteiger partial charge in [0.2, 0.25) is 11.3 Å². The molecule has 1 aromatic carbocycles. The zero-order valence-corrected chi connectivity index (χ0v) is 14.3. The van der Waals surface area contributed by atoms with Crippen molar-refractivity contribution in [2.24, 2.45) is 0 Å². The lowest BCUT2D eigenvalue weighted by Gasteiger charge is -2.12. The number of aromatic nitrogens is 2. The fourth-order valence-corrected chi connectivity index (χ4v) is 2.54. The van der Waals surface area contributed by atoms with Crippen molar-refractivity contribution in [1.82, 2.24) is 20.4 Å². The number of hydrogen-bond acceptors (Lipinski definition) is 4. The normalized spacial score (nSPS) is 13.4. The molecule has 2 N–H and O–H groups in total. The van der Waals surface area contributed by atoms with Gasteiger partial charge in [-0.1, -0.05) is 23.7 Å². The minimum Gasteiger partial charge on any atom is -0.352 e. The van der Waals surface area contributed by atoms with Gasteiger partial charge in [-0.05, 0) is 31.9 Å². The highest BCUT2D eigenvalue weighted by atomic mass is 35.5. The fraction of sp³-hybridized carbons (Fsp3) is 0.294. The van der Waals surface area contributed by atoms with Crippen LogP contribution >= 0.6 is 11.6 Å². The largest absolute Gasteiger partial charge is 0.352 e. The van der Waals surface area contributed by atoms with E-state index in [0.717, 1.165) is 12.8 Å². The zero-order chi connectivity index (χ0) is 18.0. The predicted molar refractivity (Wildman–Crippen MR) is 93.1 cm³/mol. The number of carbonyl (C=O) groups excluding carboxylic acids is 2. The summed E-state index contributed by atoms with van der Waals surface area (Å²) in [6.45, 7) is 1.50. The lowest BCUT2D eigenvalue weighted by Crippen LogP contribution is -2.40. The Morgan fingerprint density at radius 3 is 2.72 bits per heavy atom. The van der Waals surface area contributed by atoms with Crippen molar-refractivity contribution in [3.63, 3.8) is 0 Å². The molecule has 3 rings (SSSR count). The van der Waals surface area contributed by atoms with Crippen LogP contribution in [0.15, 0.2) is 35.1 Å². The van der Waals surface area contributed by atoms with Crippen LogP contribution in [-0.2, 0) is 4.79 Å². The highest BCUT2D eigenvalue weighted by Gasteiger charge is 2.23. The van der Waals surface area contributed by atoms with Crippen LogP contribution < -0.4 is 16.1 Å². The maximum Gasteiger partial charge on any atom is 0.276 e. The molecule has 0 bridgehead atoms. The standard InChI is InChI=1S/C17H17ClN4O3/c1-10-8-14(23)16(17(25)19-9-15(24)20-11-6-7-11)21-22(10)13-5-3-2-4-12(13)18/h2-5,8,11H,6-7,9H2,1H3,(H,19,25)(H,20,24). The smallest absolute Gasteiger partial charge is 0.276 e. The molecule has 0 radical (unpaired) electrons. The van der Waals surface area contributed by atoms with E-state index in [1.165, 1.54) is 10.7 Å². The summed E-state index contributed by atoms with van der Waals surface area (Å²) in [5, 5.41) is 9.75. The number of rotatable bonds is 5. The molecule has 1 heterocycles. The Bertz CT molecular complexity index is 890. The van der Waals surface area contributed by atoms with Crippen LogP contribution in [0.4, 0.5) is 0 Å². The second-order valence-corrected chi connectivity index (χ2v) is 6.29. The minimum absolute atomic E-state index is 0.198. The molecular formula is C17H17ClN4O3. The molecule has 0 unspecified atom stereocenters. The lowest BCUT2D eigenvalue weighted by atomic mass is 10.2. The van der Waals surface area contributed by atoms with Crippen molar-refractivity contribution in [3.05, 3.63) is 57.0 Å². The molecule has 8 heteroatoms. The summed E-state index contributed by atoms with van der Waals surface area (Å²) in [7, 11) is 0. The summed E-state index contributed by atoms with van der Waals surface area (Å²) >= 11 is 6.17. The first-order chi connectivity index (χ1) is 12.0. The van der Waals surface area contributed by atoms with E-state index in [1.54, 1.807) is 31.2 Å². The molecule has 1 fully saturated rings. The van der Waals surface area contributed by atoms with Crippen molar-refractivity contribution in [2.75, 3.05) is 6.54 Å². The molecule has 1 aliphatic carbocycles. The van der Waals surface area contributed by atoms with E-state index in [1.807, 2.05) is 0 Å². The Morgan fingerprint density at radius 2 is 2.04 bits per heavy atom. The topological polar surface area (TPSA) is 93.1 Å². The van der Waals surface area contributed by atoms with E-state index in [0.29, 0.717) is 16.4 Å². The number of halogens is 1. The fourth-order valence-electron chi connectivity index (χ4n) is 2.32. The Kier molecular flexibility index (Phi) is 4.85. The van der Waals surface area contributed by atoms with E-state index in [9.17, 15) is 14.4 Å². The molecule has 130 valence electrons. The molecule has 0 spiro atoms. The Labute approximate surface area is 149 Å². The van der Waals surface area contributed by atoms with Crippen LogP contribution in [0.2, 0.25) is 5.02 Å². The first kappa shape index (κ1) is 17.2. The monoisotopic (exact) mass is 360 g/mol. The molecule has 1 saturated carbocycles. The highest BCUT2D eigenvalue weighted by molar-refractivity contribution is 6.32. The number of aryl methyl sites for hydroxylation is 1. The highest BCUT2D eigenvalue weighted by Crippen LogP contribution is 2.20. The molecule has 2 amide bonds. The second-order valence-electron chi connectivity index (χ2n) is 5.89. The van der Waals surface area contributed by atoms with Gasteiger partial charge in [0.25, 0.3) is 5.91 Å². The van der Waals surface area contributed by atoms with E-state index >= 15 is 0 Å². The van der Waals surface area contributed by atoms with Gasteiger partial charge in [-0.15, -0.1) is 0 Å². The third kappa shape index (κ3) is 4.06. The third-order valence-corrected chi connectivity index (χ3v) is 4.07. The number of nitrogens with one attached hydrogen (secondary N) is 2. The Hall–Kier alpha value is -2.67. The molecule has 2 aromatic rings. The maximum absolute atomic E-state index is 12.3. The van der Waals surface area contributed by atoms with Crippen LogP contribution in [0, 0.1) is 6.92 Å².